The lowest BCUT2D eigenvalue weighted by atomic mass is 10.1. The first-order valence-electron chi connectivity index (χ1n) is 11.5. The van der Waals surface area contributed by atoms with Crippen molar-refractivity contribution in [3.8, 4) is 0 Å². The number of piperazine rings is 1. The summed E-state index contributed by atoms with van der Waals surface area (Å²) in [6.45, 7) is 3.76. The maximum atomic E-state index is 13.0. The van der Waals surface area contributed by atoms with Gasteiger partial charge >= 0.3 is 0 Å². The molecule has 7 nitrogen and oxygen atoms in total. The number of fused-ring (bicyclic) bond motifs is 1. The van der Waals surface area contributed by atoms with Gasteiger partial charge in [-0.15, -0.1) is 0 Å². The number of anilines is 1. The number of pyridine rings is 1. The fourth-order valence-electron chi connectivity index (χ4n) is 4.25. The summed E-state index contributed by atoms with van der Waals surface area (Å²) in [6, 6.07) is 25.6. The summed E-state index contributed by atoms with van der Waals surface area (Å²) in [5, 5.41) is 0.845. The third-order valence-corrected chi connectivity index (χ3v) is 7.56. The van der Waals surface area contributed by atoms with Crippen molar-refractivity contribution in [2.45, 2.75) is 11.4 Å². The number of hydrogen-bond acceptors (Lipinski definition) is 5. The largest absolute Gasteiger partial charge is 0.336 e. The SMILES string of the molecule is O=C(c1ccc(S(=O)(=O)Nc2cnc3ccccc3c2)cc1)N1CCN(Cc2ccccc2)CC1. The number of carbonyl (C=O) groups excluding carboxylic acids is 1. The summed E-state index contributed by atoms with van der Waals surface area (Å²) in [7, 11) is -3.81. The molecule has 0 bridgehead atoms. The Morgan fingerprint density at radius 1 is 0.857 bits per heavy atom. The molecule has 1 saturated heterocycles. The summed E-state index contributed by atoms with van der Waals surface area (Å²) in [5.74, 6) is -0.0833. The number of sulfonamides is 1. The van der Waals surface area contributed by atoms with Crippen LogP contribution in [0.25, 0.3) is 10.9 Å². The van der Waals surface area contributed by atoms with Crippen molar-refractivity contribution in [3.05, 3.63) is 102 Å². The molecule has 4 aromatic rings. The number of nitrogens with zero attached hydrogens (tertiary/aromatic N) is 3. The van der Waals surface area contributed by atoms with Gasteiger partial charge in [-0.3, -0.25) is 19.4 Å². The van der Waals surface area contributed by atoms with Crippen molar-refractivity contribution in [2.75, 3.05) is 30.9 Å². The van der Waals surface area contributed by atoms with Gasteiger partial charge in [0, 0.05) is 43.7 Å². The van der Waals surface area contributed by atoms with Crippen LogP contribution < -0.4 is 4.72 Å². The number of aromatic nitrogens is 1. The minimum atomic E-state index is -3.81. The molecule has 0 radical (unpaired) electrons. The van der Waals surface area contributed by atoms with Crippen molar-refractivity contribution >= 4 is 32.5 Å². The molecule has 1 aliphatic heterocycles. The standard InChI is InChI=1S/C27H26N4O3S/c32-27(31-16-14-30(15-17-31)20-21-6-2-1-3-7-21)22-10-12-25(13-11-22)35(33,34)29-24-18-23-8-4-5-9-26(23)28-19-24/h1-13,18-19,29H,14-17,20H2. The van der Waals surface area contributed by atoms with Gasteiger partial charge in [0.1, 0.15) is 0 Å². The Morgan fingerprint density at radius 2 is 1.54 bits per heavy atom. The predicted octanol–water partition coefficient (Wildman–Crippen LogP) is 3.99. The number of carbonyl (C=O) groups is 1. The fraction of sp³-hybridized carbons (Fsp3) is 0.185. The second kappa shape index (κ2) is 9.85. The number of benzene rings is 3. The lowest BCUT2D eigenvalue weighted by molar-refractivity contribution is 0.0628. The molecule has 0 aliphatic carbocycles. The monoisotopic (exact) mass is 486 g/mol. The third-order valence-electron chi connectivity index (χ3n) is 6.16. The summed E-state index contributed by atoms with van der Waals surface area (Å²) in [4.78, 5) is 21.5. The van der Waals surface area contributed by atoms with Crippen LogP contribution in [0.2, 0.25) is 0 Å². The van der Waals surface area contributed by atoms with Crippen LogP contribution in [0.15, 0.2) is 96.0 Å². The summed E-state index contributed by atoms with van der Waals surface area (Å²) < 4.78 is 28.3. The molecule has 8 heteroatoms. The second-order valence-corrected chi connectivity index (χ2v) is 10.3. The zero-order valence-electron chi connectivity index (χ0n) is 19.2. The Hall–Kier alpha value is -3.75. The first kappa shape index (κ1) is 23.0. The van der Waals surface area contributed by atoms with E-state index in [2.05, 4.69) is 26.7 Å². The van der Waals surface area contributed by atoms with E-state index >= 15 is 0 Å². The highest BCUT2D eigenvalue weighted by Crippen LogP contribution is 2.21. The van der Waals surface area contributed by atoms with E-state index < -0.39 is 10.0 Å². The number of amides is 1. The quantitative estimate of drug-likeness (QED) is 0.446. The highest BCUT2D eigenvalue weighted by molar-refractivity contribution is 7.92. The van der Waals surface area contributed by atoms with E-state index in [0.29, 0.717) is 24.3 Å². The van der Waals surface area contributed by atoms with Gasteiger partial charge in [-0.2, -0.15) is 0 Å². The predicted molar refractivity (Wildman–Crippen MR) is 137 cm³/mol. The van der Waals surface area contributed by atoms with Crippen molar-refractivity contribution in [2.24, 2.45) is 0 Å². The molecule has 0 atom stereocenters. The van der Waals surface area contributed by atoms with Gasteiger partial charge in [-0.25, -0.2) is 8.42 Å². The van der Waals surface area contributed by atoms with Crippen LogP contribution in [0.4, 0.5) is 5.69 Å². The second-order valence-electron chi connectivity index (χ2n) is 8.60. The average Bonchev–Trinajstić information content (AvgIpc) is 2.89. The topological polar surface area (TPSA) is 82.6 Å². The van der Waals surface area contributed by atoms with Crippen molar-refractivity contribution < 1.29 is 13.2 Å². The summed E-state index contributed by atoms with van der Waals surface area (Å²) in [6.07, 6.45) is 1.50. The molecule has 1 amide bonds. The molecule has 1 N–H and O–H groups in total. The molecule has 0 spiro atoms. The molecule has 0 saturated carbocycles. The van der Waals surface area contributed by atoms with Crippen molar-refractivity contribution in [1.29, 1.82) is 0 Å². The van der Waals surface area contributed by atoms with Crippen LogP contribution in [-0.4, -0.2) is 55.3 Å². The molecule has 0 unspecified atom stereocenters. The highest BCUT2D eigenvalue weighted by atomic mass is 32.2. The van der Waals surface area contributed by atoms with Crippen LogP contribution in [0.5, 0.6) is 0 Å². The van der Waals surface area contributed by atoms with E-state index in [-0.39, 0.29) is 10.8 Å². The maximum Gasteiger partial charge on any atom is 0.261 e. The Kier molecular flexibility index (Phi) is 6.48. The van der Waals surface area contributed by atoms with Crippen LogP contribution in [0.1, 0.15) is 15.9 Å². The van der Waals surface area contributed by atoms with Gasteiger partial charge in [0.2, 0.25) is 0 Å². The first-order chi connectivity index (χ1) is 17.0. The van der Waals surface area contributed by atoms with Crippen LogP contribution in [0, 0.1) is 0 Å². The Bertz CT molecular complexity index is 1430. The molecule has 1 aromatic heterocycles. The van der Waals surface area contributed by atoms with Crippen molar-refractivity contribution in [3.63, 3.8) is 0 Å². The average molecular weight is 487 g/mol. The van der Waals surface area contributed by atoms with E-state index in [1.807, 2.05) is 47.4 Å². The first-order valence-corrected chi connectivity index (χ1v) is 13.0. The minimum absolute atomic E-state index is 0.0833. The normalized spacial score (nSPS) is 14.7. The molecule has 1 aliphatic rings. The molecular weight excluding hydrogens is 460 g/mol. The van der Waals surface area contributed by atoms with Gasteiger partial charge < -0.3 is 4.90 Å². The van der Waals surface area contributed by atoms with Gasteiger partial charge in [0.15, 0.2) is 0 Å². The fourth-order valence-corrected chi connectivity index (χ4v) is 5.29. The minimum Gasteiger partial charge on any atom is -0.336 e. The maximum absolute atomic E-state index is 13.0. The molecular formula is C27H26N4O3S. The molecule has 178 valence electrons. The zero-order valence-corrected chi connectivity index (χ0v) is 20.0. The van der Waals surface area contributed by atoms with Gasteiger partial charge in [-0.05, 0) is 42.0 Å². The van der Waals surface area contributed by atoms with Crippen molar-refractivity contribution in [1.82, 2.24) is 14.8 Å². The molecule has 3 aromatic carbocycles. The molecule has 5 rings (SSSR count). The zero-order chi connectivity index (χ0) is 24.3. The number of hydrogen-bond donors (Lipinski definition) is 1. The molecule has 35 heavy (non-hydrogen) atoms. The summed E-state index contributed by atoms with van der Waals surface area (Å²) >= 11 is 0. The van der Waals surface area contributed by atoms with Crippen LogP contribution >= 0.6 is 0 Å². The van der Waals surface area contributed by atoms with Gasteiger partial charge in [0.05, 0.1) is 22.3 Å². The van der Waals surface area contributed by atoms with Crippen LogP contribution in [0.3, 0.4) is 0 Å². The lowest BCUT2D eigenvalue weighted by Gasteiger charge is -2.34. The smallest absolute Gasteiger partial charge is 0.261 e. The number of nitrogens with one attached hydrogen (secondary N) is 1. The van der Waals surface area contributed by atoms with E-state index in [1.165, 1.54) is 23.9 Å². The van der Waals surface area contributed by atoms with E-state index in [1.54, 1.807) is 18.2 Å². The lowest BCUT2D eigenvalue weighted by Crippen LogP contribution is -2.48. The molecule has 1 fully saturated rings. The molecule has 2 heterocycles. The van der Waals surface area contributed by atoms with E-state index in [4.69, 9.17) is 0 Å². The van der Waals surface area contributed by atoms with Gasteiger partial charge in [0.25, 0.3) is 15.9 Å². The van der Waals surface area contributed by atoms with E-state index in [9.17, 15) is 13.2 Å². The Morgan fingerprint density at radius 3 is 2.29 bits per heavy atom. The summed E-state index contributed by atoms with van der Waals surface area (Å²) in [5.41, 5.74) is 2.92. The Balaban J connectivity index is 1.21. The number of rotatable bonds is 6. The van der Waals surface area contributed by atoms with E-state index in [0.717, 1.165) is 30.5 Å². The highest BCUT2D eigenvalue weighted by Gasteiger charge is 2.23. The Labute approximate surface area is 205 Å². The van der Waals surface area contributed by atoms with Crippen LogP contribution in [-0.2, 0) is 16.6 Å². The third kappa shape index (κ3) is 5.34. The number of para-hydroxylation sites is 1. The van der Waals surface area contributed by atoms with Gasteiger partial charge in [-0.1, -0.05) is 48.5 Å².